The van der Waals surface area contributed by atoms with Gasteiger partial charge in [0.15, 0.2) is 0 Å². The molecule has 1 saturated carbocycles. The Labute approximate surface area is 115 Å². The Morgan fingerprint density at radius 1 is 1.50 bits per heavy atom. The number of hydrogen-bond donors (Lipinski definition) is 2. The molecule has 0 saturated heterocycles. The fourth-order valence-electron chi connectivity index (χ4n) is 2.13. The van der Waals surface area contributed by atoms with Crippen LogP contribution in [-0.2, 0) is 0 Å². The van der Waals surface area contributed by atoms with Crippen molar-refractivity contribution in [3.8, 4) is 0 Å². The van der Waals surface area contributed by atoms with Gasteiger partial charge in [0.1, 0.15) is 0 Å². The van der Waals surface area contributed by atoms with Crippen molar-refractivity contribution in [2.24, 2.45) is 11.8 Å². The summed E-state index contributed by atoms with van der Waals surface area (Å²) < 4.78 is 1.23. The van der Waals surface area contributed by atoms with Gasteiger partial charge < -0.3 is 0 Å². The van der Waals surface area contributed by atoms with Crippen LogP contribution in [0.4, 0.5) is 0 Å². The molecular formula is C12H16ClIN2. The Morgan fingerprint density at radius 3 is 2.81 bits per heavy atom. The molecule has 0 radical (unpaired) electrons. The van der Waals surface area contributed by atoms with Gasteiger partial charge in [-0.3, -0.25) is 11.3 Å². The highest BCUT2D eigenvalue weighted by molar-refractivity contribution is 14.1. The molecule has 0 aliphatic heterocycles. The van der Waals surface area contributed by atoms with Crippen LogP contribution in [0.15, 0.2) is 18.2 Å². The van der Waals surface area contributed by atoms with Crippen molar-refractivity contribution in [1.82, 2.24) is 5.43 Å². The van der Waals surface area contributed by atoms with E-state index >= 15 is 0 Å². The van der Waals surface area contributed by atoms with Crippen molar-refractivity contribution >= 4 is 34.2 Å². The van der Waals surface area contributed by atoms with Gasteiger partial charge in [0, 0.05) is 14.6 Å². The number of hydrogen-bond acceptors (Lipinski definition) is 2. The maximum atomic E-state index is 6.03. The largest absolute Gasteiger partial charge is 0.271 e. The van der Waals surface area contributed by atoms with Gasteiger partial charge >= 0.3 is 0 Å². The van der Waals surface area contributed by atoms with Crippen LogP contribution >= 0.6 is 34.2 Å². The third-order valence-corrected chi connectivity index (χ3v) is 4.55. The van der Waals surface area contributed by atoms with Gasteiger partial charge in [-0.2, -0.15) is 0 Å². The van der Waals surface area contributed by atoms with Gasteiger partial charge in [0.25, 0.3) is 0 Å². The van der Waals surface area contributed by atoms with Crippen LogP contribution in [0.2, 0.25) is 5.02 Å². The van der Waals surface area contributed by atoms with E-state index in [1.165, 1.54) is 28.4 Å². The molecule has 2 nitrogen and oxygen atoms in total. The number of hydrazine groups is 1. The zero-order valence-corrected chi connectivity index (χ0v) is 12.0. The Bertz CT molecular complexity index is 366. The highest BCUT2D eigenvalue weighted by atomic mass is 127. The van der Waals surface area contributed by atoms with Crippen molar-refractivity contribution in [3.05, 3.63) is 32.4 Å². The van der Waals surface area contributed by atoms with Gasteiger partial charge in [0.05, 0.1) is 0 Å². The van der Waals surface area contributed by atoms with Gasteiger partial charge in [-0.05, 0) is 58.7 Å². The van der Waals surface area contributed by atoms with Crippen molar-refractivity contribution in [3.63, 3.8) is 0 Å². The molecule has 0 amide bonds. The lowest BCUT2D eigenvalue weighted by molar-refractivity contribution is 0.261. The number of nitrogens with one attached hydrogen (secondary N) is 1. The van der Waals surface area contributed by atoms with E-state index in [0.717, 1.165) is 17.4 Å². The van der Waals surface area contributed by atoms with E-state index in [1.54, 1.807) is 0 Å². The summed E-state index contributed by atoms with van der Waals surface area (Å²) in [5, 5.41) is 0.782. The molecule has 4 heteroatoms. The predicted molar refractivity (Wildman–Crippen MR) is 76.2 cm³/mol. The van der Waals surface area contributed by atoms with Crippen LogP contribution in [-0.4, -0.2) is 0 Å². The van der Waals surface area contributed by atoms with Crippen molar-refractivity contribution < 1.29 is 0 Å². The molecule has 88 valence electrons. The van der Waals surface area contributed by atoms with E-state index in [1.807, 2.05) is 18.2 Å². The van der Waals surface area contributed by atoms with Gasteiger partial charge in [-0.1, -0.05) is 30.9 Å². The Hall–Kier alpha value is 0.160. The zero-order chi connectivity index (χ0) is 11.5. The first-order valence-electron chi connectivity index (χ1n) is 5.62. The molecule has 1 unspecified atom stereocenters. The third kappa shape index (κ3) is 2.88. The molecule has 3 N–H and O–H groups in total. The second kappa shape index (κ2) is 5.67. The summed E-state index contributed by atoms with van der Waals surface area (Å²) in [7, 11) is 0. The fraction of sp³-hybridized carbons (Fsp3) is 0.500. The van der Waals surface area contributed by atoms with Crippen LogP contribution in [0.3, 0.4) is 0 Å². The molecule has 1 fully saturated rings. The lowest BCUT2D eigenvalue weighted by Crippen LogP contribution is -2.31. The standard InChI is InChI=1S/C12H16ClIN2/c13-9-4-5-11(14)10(7-9)12(16-15)6-8-2-1-3-8/h4-5,7-8,12,16H,1-3,6,15H2. The van der Waals surface area contributed by atoms with Gasteiger partial charge in [-0.15, -0.1) is 0 Å². The molecule has 0 bridgehead atoms. The van der Waals surface area contributed by atoms with E-state index < -0.39 is 0 Å². The van der Waals surface area contributed by atoms with Crippen LogP contribution in [0, 0.1) is 9.49 Å². The maximum Gasteiger partial charge on any atom is 0.0473 e. The predicted octanol–water partition coefficient (Wildman–Crippen LogP) is 3.64. The first kappa shape index (κ1) is 12.6. The second-order valence-electron chi connectivity index (χ2n) is 4.42. The molecule has 0 spiro atoms. The van der Waals surface area contributed by atoms with Crippen molar-refractivity contribution in [2.45, 2.75) is 31.7 Å². The number of halogens is 2. The minimum Gasteiger partial charge on any atom is -0.271 e. The average molecular weight is 351 g/mol. The van der Waals surface area contributed by atoms with Gasteiger partial charge in [0.2, 0.25) is 0 Å². The zero-order valence-electron chi connectivity index (χ0n) is 9.05. The molecule has 1 aromatic carbocycles. The average Bonchev–Trinajstić information content (AvgIpc) is 2.21. The van der Waals surface area contributed by atoms with E-state index in [4.69, 9.17) is 17.4 Å². The lowest BCUT2D eigenvalue weighted by atomic mass is 9.80. The van der Waals surface area contributed by atoms with Crippen LogP contribution in [0.1, 0.15) is 37.3 Å². The SMILES string of the molecule is NNC(CC1CCC1)c1cc(Cl)ccc1I. The van der Waals surface area contributed by atoms with E-state index in [9.17, 15) is 0 Å². The number of nitrogens with two attached hydrogens (primary N) is 1. The van der Waals surface area contributed by atoms with Crippen LogP contribution in [0.25, 0.3) is 0 Å². The Morgan fingerprint density at radius 2 is 2.25 bits per heavy atom. The monoisotopic (exact) mass is 350 g/mol. The molecule has 0 aromatic heterocycles. The van der Waals surface area contributed by atoms with Crippen molar-refractivity contribution in [1.29, 1.82) is 0 Å². The lowest BCUT2D eigenvalue weighted by Gasteiger charge is -2.30. The summed E-state index contributed by atoms with van der Waals surface area (Å²) in [5.41, 5.74) is 4.15. The molecule has 1 aliphatic carbocycles. The summed E-state index contributed by atoms with van der Waals surface area (Å²) >= 11 is 8.37. The Kier molecular flexibility index (Phi) is 4.47. The summed E-state index contributed by atoms with van der Waals surface area (Å²) in [5.74, 6) is 6.48. The number of rotatable bonds is 4. The minimum absolute atomic E-state index is 0.232. The molecule has 1 aromatic rings. The summed E-state index contributed by atoms with van der Waals surface area (Å²) in [6.07, 6.45) is 5.17. The minimum atomic E-state index is 0.232. The smallest absolute Gasteiger partial charge is 0.0473 e. The third-order valence-electron chi connectivity index (χ3n) is 3.33. The molecule has 1 aliphatic rings. The summed E-state index contributed by atoms with van der Waals surface area (Å²) in [4.78, 5) is 0. The second-order valence-corrected chi connectivity index (χ2v) is 6.02. The van der Waals surface area contributed by atoms with Crippen LogP contribution in [0.5, 0.6) is 0 Å². The molecule has 0 heterocycles. The highest BCUT2D eigenvalue weighted by Gasteiger charge is 2.23. The molecular weight excluding hydrogens is 335 g/mol. The normalized spacial score (nSPS) is 18.2. The topological polar surface area (TPSA) is 38.0 Å². The van der Waals surface area contributed by atoms with E-state index in [-0.39, 0.29) is 6.04 Å². The fourth-order valence-corrected chi connectivity index (χ4v) is 3.02. The summed E-state index contributed by atoms with van der Waals surface area (Å²) in [6, 6.07) is 6.22. The first-order chi connectivity index (χ1) is 7.70. The Balaban J connectivity index is 2.14. The maximum absolute atomic E-state index is 6.03. The summed E-state index contributed by atoms with van der Waals surface area (Å²) in [6.45, 7) is 0. The quantitative estimate of drug-likeness (QED) is 0.494. The van der Waals surface area contributed by atoms with E-state index in [2.05, 4.69) is 28.0 Å². The highest BCUT2D eigenvalue weighted by Crippen LogP contribution is 2.36. The molecule has 1 atom stereocenters. The number of benzene rings is 1. The van der Waals surface area contributed by atoms with Gasteiger partial charge in [-0.25, -0.2) is 0 Å². The van der Waals surface area contributed by atoms with Crippen molar-refractivity contribution in [2.75, 3.05) is 0 Å². The molecule has 16 heavy (non-hydrogen) atoms. The first-order valence-corrected chi connectivity index (χ1v) is 7.07. The van der Waals surface area contributed by atoms with E-state index in [0.29, 0.717) is 0 Å². The molecule has 2 rings (SSSR count). The van der Waals surface area contributed by atoms with Crippen LogP contribution < -0.4 is 11.3 Å².